The number of nitrogens with one attached hydrogen (secondary N) is 3. The first-order chi connectivity index (χ1) is 18.7. The molecule has 0 spiro atoms. The minimum absolute atomic E-state index is 0.0498. The second kappa shape index (κ2) is 17.4. The van der Waals surface area contributed by atoms with Gasteiger partial charge >= 0.3 is 18.1 Å². The second-order valence-corrected chi connectivity index (χ2v) is 11.9. The molecular formula is C24H41F3N4O8S. The van der Waals surface area contributed by atoms with Crippen LogP contribution in [0.3, 0.4) is 0 Å². The third-order valence-electron chi connectivity index (χ3n) is 6.80. The highest BCUT2D eigenvalue weighted by atomic mass is 32.2. The predicted molar refractivity (Wildman–Crippen MR) is 139 cm³/mol. The molecule has 2 amide bonds. The Labute approximate surface area is 232 Å². The summed E-state index contributed by atoms with van der Waals surface area (Å²) in [5.74, 6) is -5.05. The van der Waals surface area contributed by atoms with Crippen LogP contribution in [-0.4, -0.2) is 98.5 Å². The number of carboxylic acids is 2. The average molecular weight is 603 g/mol. The smallest absolute Gasteiger partial charge is 0.481 e. The van der Waals surface area contributed by atoms with Crippen LogP contribution in [0.1, 0.15) is 58.3 Å². The molecule has 2 aliphatic heterocycles. The lowest BCUT2D eigenvalue weighted by Crippen LogP contribution is -2.47. The van der Waals surface area contributed by atoms with Gasteiger partial charge in [0.05, 0.1) is 17.6 Å². The van der Waals surface area contributed by atoms with Gasteiger partial charge in [-0.25, -0.2) is 17.9 Å². The SMILES string of the molecule is CCCCS(=O)(=O)NC[C@H](CNC(=O)[C@@H]1CCCN(C(=O)CCC2CCNCC2)C1)C(=O)O.O=C(O)C(F)(F)F. The van der Waals surface area contributed by atoms with Gasteiger partial charge in [-0.1, -0.05) is 13.3 Å². The molecule has 0 unspecified atom stereocenters. The molecule has 0 radical (unpaired) electrons. The van der Waals surface area contributed by atoms with Crippen LogP contribution < -0.4 is 15.4 Å². The number of hydrogen-bond acceptors (Lipinski definition) is 7. The number of piperidine rings is 2. The van der Waals surface area contributed by atoms with Gasteiger partial charge in [0, 0.05) is 32.6 Å². The number of carbonyl (C=O) groups excluding carboxylic acids is 2. The van der Waals surface area contributed by atoms with E-state index >= 15 is 0 Å². The van der Waals surface area contributed by atoms with Crippen LogP contribution in [-0.2, 0) is 29.2 Å². The van der Waals surface area contributed by atoms with E-state index in [1.54, 1.807) is 4.90 Å². The van der Waals surface area contributed by atoms with Crippen LogP contribution in [0.2, 0.25) is 0 Å². The van der Waals surface area contributed by atoms with E-state index in [1.165, 1.54) is 0 Å². The minimum Gasteiger partial charge on any atom is -0.481 e. The molecule has 16 heteroatoms. The van der Waals surface area contributed by atoms with E-state index in [0.717, 1.165) is 45.2 Å². The number of alkyl halides is 3. The maximum Gasteiger partial charge on any atom is 0.490 e. The van der Waals surface area contributed by atoms with Gasteiger partial charge in [-0.15, -0.1) is 0 Å². The van der Waals surface area contributed by atoms with E-state index < -0.39 is 34.1 Å². The zero-order valence-corrected chi connectivity index (χ0v) is 23.5. The molecule has 2 atom stereocenters. The number of halogens is 3. The van der Waals surface area contributed by atoms with E-state index in [1.807, 2.05) is 6.92 Å². The van der Waals surface area contributed by atoms with E-state index in [-0.39, 0.29) is 36.6 Å². The van der Waals surface area contributed by atoms with Gasteiger partial charge in [0.15, 0.2) is 0 Å². The molecule has 0 bridgehead atoms. The van der Waals surface area contributed by atoms with Gasteiger partial charge in [0.2, 0.25) is 21.8 Å². The number of carboxylic acid groups (broad SMARTS) is 2. The number of hydrogen-bond donors (Lipinski definition) is 5. The Morgan fingerprint density at radius 1 is 1.07 bits per heavy atom. The molecular weight excluding hydrogens is 561 g/mol. The summed E-state index contributed by atoms with van der Waals surface area (Å²) in [6, 6.07) is 0. The lowest BCUT2D eigenvalue weighted by atomic mass is 9.92. The number of likely N-dealkylation sites (tertiary alicyclic amines) is 1. The Morgan fingerprint density at radius 3 is 2.25 bits per heavy atom. The molecule has 2 fully saturated rings. The maximum absolute atomic E-state index is 12.7. The summed E-state index contributed by atoms with van der Waals surface area (Å²) in [6.07, 6.45) is 1.08. The number of aliphatic carboxylic acids is 2. The average Bonchev–Trinajstić information content (AvgIpc) is 2.90. The standard InChI is InChI=1S/C22H40N4O6S.C2HF3O2/c1-2-3-13-33(31,32)25-15-19(22(29)30)14-24-21(28)18-5-4-12-26(16-18)20(27)7-6-17-8-10-23-11-9-17;3-2(4,5)1(6)7/h17-19,23,25H,2-16H2,1H3,(H,24,28)(H,29,30);(H,6,7)/t18-,19+;/m1./s1. The first kappa shape index (κ1) is 35.6. The summed E-state index contributed by atoms with van der Waals surface area (Å²) in [5, 5.41) is 22.5. The third-order valence-corrected chi connectivity index (χ3v) is 8.23. The summed E-state index contributed by atoms with van der Waals surface area (Å²) in [6.45, 7) is 4.44. The highest BCUT2D eigenvalue weighted by molar-refractivity contribution is 7.89. The van der Waals surface area contributed by atoms with Gasteiger partial charge in [0.25, 0.3) is 0 Å². The molecule has 12 nitrogen and oxygen atoms in total. The Balaban J connectivity index is 0.00000101. The normalized spacial score (nSPS) is 19.2. The fraction of sp³-hybridized carbons (Fsp3) is 0.833. The molecule has 0 aromatic carbocycles. The van der Waals surface area contributed by atoms with Crippen LogP contribution in [0.15, 0.2) is 0 Å². The number of carbonyl (C=O) groups is 4. The fourth-order valence-corrected chi connectivity index (χ4v) is 5.59. The number of unbranched alkanes of at least 4 members (excludes halogenated alkanes) is 1. The first-order valence-corrected chi connectivity index (χ1v) is 15.1. The predicted octanol–water partition coefficient (Wildman–Crippen LogP) is 1.17. The van der Waals surface area contributed by atoms with Crippen LogP contribution in [0.25, 0.3) is 0 Å². The fourth-order valence-electron chi connectivity index (χ4n) is 4.32. The molecule has 2 aliphatic rings. The van der Waals surface area contributed by atoms with Crippen LogP contribution in [0.5, 0.6) is 0 Å². The Hall–Kier alpha value is -2.46. The van der Waals surface area contributed by atoms with E-state index in [4.69, 9.17) is 9.90 Å². The molecule has 0 aromatic rings. The van der Waals surface area contributed by atoms with E-state index in [9.17, 15) is 41.1 Å². The highest BCUT2D eigenvalue weighted by Gasteiger charge is 2.38. The van der Waals surface area contributed by atoms with Crippen LogP contribution in [0, 0.1) is 17.8 Å². The molecule has 2 saturated heterocycles. The van der Waals surface area contributed by atoms with Crippen molar-refractivity contribution in [1.29, 1.82) is 0 Å². The van der Waals surface area contributed by atoms with Crippen molar-refractivity contribution in [2.75, 3.05) is 45.0 Å². The van der Waals surface area contributed by atoms with Crippen LogP contribution >= 0.6 is 0 Å². The molecule has 40 heavy (non-hydrogen) atoms. The van der Waals surface area contributed by atoms with E-state index in [2.05, 4.69) is 15.4 Å². The van der Waals surface area contributed by atoms with Crippen molar-refractivity contribution >= 4 is 33.8 Å². The summed E-state index contributed by atoms with van der Waals surface area (Å²) in [4.78, 5) is 47.5. The summed E-state index contributed by atoms with van der Waals surface area (Å²) >= 11 is 0. The zero-order chi connectivity index (χ0) is 30.3. The summed E-state index contributed by atoms with van der Waals surface area (Å²) < 4.78 is 57.9. The summed E-state index contributed by atoms with van der Waals surface area (Å²) in [5.41, 5.74) is 0. The van der Waals surface area contributed by atoms with Gasteiger partial charge in [-0.3, -0.25) is 14.4 Å². The van der Waals surface area contributed by atoms with Crippen molar-refractivity contribution in [2.24, 2.45) is 17.8 Å². The van der Waals surface area contributed by atoms with E-state index in [0.29, 0.717) is 38.3 Å². The van der Waals surface area contributed by atoms with Gasteiger partial charge < -0.3 is 25.7 Å². The largest absolute Gasteiger partial charge is 0.490 e. The Bertz CT molecular complexity index is 943. The topological polar surface area (TPSA) is 182 Å². The van der Waals surface area contributed by atoms with Crippen molar-refractivity contribution in [3.8, 4) is 0 Å². The van der Waals surface area contributed by atoms with Crippen LogP contribution in [0.4, 0.5) is 13.2 Å². The van der Waals surface area contributed by atoms with Crippen molar-refractivity contribution < 1.29 is 51.0 Å². The molecule has 0 aliphatic carbocycles. The second-order valence-electron chi connectivity index (χ2n) is 10.0. The number of amides is 2. The van der Waals surface area contributed by atoms with Gasteiger partial charge in [-0.2, -0.15) is 13.2 Å². The molecule has 0 saturated carbocycles. The number of rotatable bonds is 13. The van der Waals surface area contributed by atoms with Gasteiger partial charge in [0.1, 0.15) is 0 Å². The first-order valence-electron chi connectivity index (χ1n) is 13.4. The maximum atomic E-state index is 12.7. The number of sulfonamides is 1. The lowest BCUT2D eigenvalue weighted by molar-refractivity contribution is -0.192. The Morgan fingerprint density at radius 2 is 1.70 bits per heavy atom. The van der Waals surface area contributed by atoms with Crippen molar-refractivity contribution in [1.82, 2.24) is 20.3 Å². The molecule has 0 aromatic heterocycles. The third kappa shape index (κ3) is 14.3. The quantitative estimate of drug-likeness (QED) is 0.207. The molecule has 2 rings (SSSR count). The molecule has 5 N–H and O–H groups in total. The Kier molecular flexibility index (Phi) is 15.4. The van der Waals surface area contributed by atoms with Crippen molar-refractivity contribution in [2.45, 2.75) is 64.5 Å². The monoisotopic (exact) mass is 602 g/mol. The summed E-state index contributed by atoms with van der Waals surface area (Å²) in [7, 11) is -3.54. The minimum atomic E-state index is -5.08. The zero-order valence-electron chi connectivity index (χ0n) is 22.7. The van der Waals surface area contributed by atoms with Crippen molar-refractivity contribution in [3.05, 3.63) is 0 Å². The lowest BCUT2D eigenvalue weighted by Gasteiger charge is -2.33. The number of nitrogens with zero attached hydrogens (tertiary/aromatic N) is 1. The highest BCUT2D eigenvalue weighted by Crippen LogP contribution is 2.21. The van der Waals surface area contributed by atoms with Crippen molar-refractivity contribution in [3.63, 3.8) is 0 Å². The molecule has 2 heterocycles. The van der Waals surface area contributed by atoms with Gasteiger partial charge in [-0.05, 0) is 57.5 Å². The molecule has 232 valence electrons.